The zero-order chi connectivity index (χ0) is 14.1. The number of hydrogen-bond acceptors (Lipinski definition) is 0. The average Bonchev–Trinajstić information content (AvgIpc) is 2.72. The Morgan fingerprint density at radius 2 is 1.65 bits per heavy atom. The van der Waals surface area contributed by atoms with Crippen LogP contribution >= 0.6 is 0 Å². The van der Waals surface area contributed by atoms with Gasteiger partial charge in [-0.2, -0.15) is 0 Å². The molecule has 0 aliphatic heterocycles. The second kappa shape index (κ2) is 5.13. The lowest BCUT2D eigenvalue weighted by Crippen LogP contribution is -2.04. The van der Waals surface area contributed by atoms with Gasteiger partial charge in [-0.1, -0.05) is 68.5 Å². The third kappa shape index (κ3) is 1.84. The van der Waals surface area contributed by atoms with E-state index >= 15 is 0 Å². The van der Waals surface area contributed by atoms with Crippen LogP contribution in [0.3, 0.4) is 0 Å². The molecule has 0 heteroatoms. The number of aryl methyl sites for hydroxylation is 1. The lowest BCUT2D eigenvalue weighted by atomic mass is 9.92. The monoisotopic (exact) mass is 260 g/mol. The van der Waals surface area contributed by atoms with E-state index in [1.807, 2.05) is 13.8 Å². The minimum Gasteiger partial charge on any atom is -0.0801 e. The van der Waals surface area contributed by atoms with Crippen LogP contribution in [0.4, 0.5) is 0 Å². The SMILES string of the molecule is CC.Cc1ccc2ccc3c4c(ccc1c24)=CC=CC3. The molecule has 0 N–H and O–H groups in total. The summed E-state index contributed by atoms with van der Waals surface area (Å²) in [5, 5.41) is 6.97. The number of benzene rings is 3. The van der Waals surface area contributed by atoms with E-state index in [-0.39, 0.29) is 0 Å². The fraction of sp³-hybridized carbons (Fsp3) is 0.200. The van der Waals surface area contributed by atoms with Crippen molar-refractivity contribution < 1.29 is 0 Å². The van der Waals surface area contributed by atoms with Crippen LogP contribution in [-0.4, -0.2) is 0 Å². The highest BCUT2D eigenvalue weighted by molar-refractivity contribution is 6.12. The second-order valence-corrected chi connectivity index (χ2v) is 5.08. The van der Waals surface area contributed by atoms with Crippen molar-refractivity contribution in [3.63, 3.8) is 0 Å². The molecule has 0 atom stereocenters. The summed E-state index contributed by atoms with van der Waals surface area (Å²) in [6, 6.07) is 13.5. The first-order valence-electron chi connectivity index (χ1n) is 7.45. The number of hydrogen-bond donors (Lipinski definition) is 0. The molecule has 3 aromatic carbocycles. The highest BCUT2D eigenvalue weighted by Gasteiger charge is 2.09. The van der Waals surface area contributed by atoms with E-state index in [0.29, 0.717) is 0 Å². The molecule has 0 saturated carbocycles. The van der Waals surface area contributed by atoms with Gasteiger partial charge in [0, 0.05) is 0 Å². The van der Waals surface area contributed by atoms with Crippen LogP contribution in [0.15, 0.2) is 48.6 Å². The third-order valence-corrected chi connectivity index (χ3v) is 4.00. The minimum absolute atomic E-state index is 1.03. The molecule has 3 aromatic rings. The highest BCUT2D eigenvalue weighted by atomic mass is 14.1. The minimum atomic E-state index is 1.03. The normalized spacial score (nSPS) is 12.8. The van der Waals surface area contributed by atoms with Crippen LogP contribution < -0.4 is 5.22 Å². The lowest BCUT2D eigenvalue weighted by Gasteiger charge is -2.11. The Bertz CT molecular complexity index is 851. The second-order valence-electron chi connectivity index (χ2n) is 5.08. The van der Waals surface area contributed by atoms with Gasteiger partial charge in [0.15, 0.2) is 0 Å². The topological polar surface area (TPSA) is 0 Å². The fourth-order valence-electron chi connectivity index (χ4n) is 3.07. The molecule has 0 saturated heterocycles. The van der Waals surface area contributed by atoms with Crippen molar-refractivity contribution in [3.8, 4) is 0 Å². The Balaban J connectivity index is 0.000000581. The summed E-state index contributed by atoms with van der Waals surface area (Å²) < 4.78 is 0. The van der Waals surface area contributed by atoms with E-state index in [0.717, 1.165) is 6.42 Å². The molecule has 0 spiro atoms. The van der Waals surface area contributed by atoms with Gasteiger partial charge in [0.25, 0.3) is 0 Å². The molecule has 0 amide bonds. The van der Waals surface area contributed by atoms with Gasteiger partial charge in [-0.3, -0.25) is 0 Å². The molecule has 20 heavy (non-hydrogen) atoms. The van der Waals surface area contributed by atoms with Crippen LogP contribution in [0.1, 0.15) is 25.0 Å². The van der Waals surface area contributed by atoms with Crippen molar-refractivity contribution in [1.29, 1.82) is 0 Å². The van der Waals surface area contributed by atoms with Gasteiger partial charge in [-0.05, 0) is 51.2 Å². The van der Waals surface area contributed by atoms with E-state index in [1.54, 1.807) is 0 Å². The molecule has 1 aliphatic carbocycles. The highest BCUT2D eigenvalue weighted by Crippen LogP contribution is 2.30. The molecule has 0 nitrogen and oxygen atoms in total. The molecular weight excluding hydrogens is 240 g/mol. The van der Waals surface area contributed by atoms with E-state index in [4.69, 9.17) is 0 Å². The molecular formula is C20H20. The first-order chi connectivity index (χ1) is 9.84. The number of rotatable bonds is 0. The van der Waals surface area contributed by atoms with Crippen LogP contribution in [0.2, 0.25) is 0 Å². The first-order valence-corrected chi connectivity index (χ1v) is 7.45. The summed E-state index contributed by atoms with van der Waals surface area (Å²) >= 11 is 0. The largest absolute Gasteiger partial charge is 0.0801 e. The Kier molecular flexibility index (Phi) is 3.31. The van der Waals surface area contributed by atoms with E-state index in [2.05, 4.69) is 61.5 Å². The summed E-state index contributed by atoms with van der Waals surface area (Å²) in [6.45, 7) is 6.20. The Morgan fingerprint density at radius 3 is 2.50 bits per heavy atom. The predicted octanol–water partition coefficient (Wildman–Crippen LogP) is 4.94. The molecule has 100 valence electrons. The van der Waals surface area contributed by atoms with Gasteiger partial charge in [0.1, 0.15) is 0 Å². The molecule has 1 aliphatic rings. The first kappa shape index (κ1) is 12.9. The van der Waals surface area contributed by atoms with Gasteiger partial charge in [0.05, 0.1) is 0 Å². The Labute approximate surface area is 120 Å². The summed E-state index contributed by atoms with van der Waals surface area (Å²) in [7, 11) is 0. The maximum atomic E-state index is 2.28. The van der Waals surface area contributed by atoms with Crippen molar-refractivity contribution in [1.82, 2.24) is 0 Å². The van der Waals surface area contributed by atoms with Crippen molar-refractivity contribution in [2.24, 2.45) is 0 Å². The van der Waals surface area contributed by atoms with Crippen molar-refractivity contribution in [3.05, 3.63) is 64.9 Å². The Morgan fingerprint density at radius 1 is 0.850 bits per heavy atom. The smallest absolute Gasteiger partial charge is 0.00273 e. The molecule has 0 heterocycles. The summed E-state index contributed by atoms with van der Waals surface area (Å²) in [4.78, 5) is 0. The van der Waals surface area contributed by atoms with Gasteiger partial charge in [-0.25, -0.2) is 0 Å². The van der Waals surface area contributed by atoms with Crippen molar-refractivity contribution >= 4 is 27.6 Å². The molecule has 0 unspecified atom stereocenters. The van der Waals surface area contributed by atoms with Crippen LogP contribution in [0.5, 0.6) is 0 Å². The maximum Gasteiger partial charge on any atom is -0.00273 e. The number of allylic oxidation sites excluding steroid dienone is 2. The van der Waals surface area contributed by atoms with Gasteiger partial charge in [0.2, 0.25) is 0 Å². The van der Waals surface area contributed by atoms with Gasteiger partial charge >= 0.3 is 0 Å². The zero-order valence-electron chi connectivity index (χ0n) is 12.4. The van der Waals surface area contributed by atoms with Crippen LogP contribution in [0.25, 0.3) is 27.6 Å². The van der Waals surface area contributed by atoms with Crippen LogP contribution in [-0.2, 0) is 6.42 Å². The van der Waals surface area contributed by atoms with E-state index in [9.17, 15) is 0 Å². The fourth-order valence-corrected chi connectivity index (χ4v) is 3.07. The predicted molar refractivity (Wildman–Crippen MR) is 90.1 cm³/mol. The van der Waals surface area contributed by atoms with E-state index < -0.39 is 0 Å². The lowest BCUT2D eigenvalue weighted by molar-refractivity contribution is 1.31. The summed E-state index contributed by atoms with van der Waals surface area (Å²) in [5.74, 6) is 0. The van der Waals surface area contributed by atoms with Crippen LogP contribution in [0, 0.1) is 6.92 Å². The quantitative estimate of drug-likeness (QED) is 0.537. The molecule has 4 rings (SSSR count). The summed E-state index contributed by atoms with van der Waals surface area (Å²) in [6.07, 6.45) is 7.68. The maximum absolute atomic E-state index is 2.28. The van der Waals surface area contributed by atoms with Crippen molar-refractivity contribution in [2.75, 3.05) is 0 Å². The molecule has 0 radical (unpaired) electrons. The van der Waals surface area contributed by atoms with Crippen molar-refractivity contribution in [2.45, 2.75) is 27.2 Å². The van der Waals surface area contributed by atoms with Gasteiger partial charge < -0.3 is 0 Å². The molecule has 0 bridgehead atoms. The zero-order valence-corrected chi connectivity index (χ0v) is 12.4. The molecule has 0 fully saturated rings. The summed E-state index contributed by atoms with van der Waals surface area (Å²) in [5.41, 5.74) is 2.81. The third-order valence-electron chi connectivity index (χ3n) is 4.00. The Hall–Kier alpha value is -2.08. The standard InChI is InChI=1S/C18H14.C2H6/c1-12-6-7-15-9-8-13-4-2-3-5-14-10-11-16(12)18(15)17(13)14;1-2/h2-3,5-11H,4H2,1H3;1-2H3. The van der Waals surface area contributed by atoms with E-state index in [1.165, 1.54) is 37.9 Å². The molecule has 0 aromatic heterocycles. The van der Waals surface area contributed by atoms with Gasteiger partial charge in [-0.15, -0.1) is 0 Å². The average molecular weight is 260 g/mol.